The monoisotopic (exact) mass is 552 g/mol. The van der Waals surface area contributed by atoms with Crippen molar-refractivity contribution >= 4 is 26.9 Å². The van der Waals surface area contributed by atoms with E-state index in [0.717, 1.165) is 17.1 Å². The molecule has 0 aliphatic carbocycles. The minimum Gasteiger partial charge on any atom is -0.481 e. The van der Waals surface area contributed by atoms with E-state index >= 15 is 0 Å². The molecule has 2 N–H and O–H groups in total. The molecule has 3 aromatic carbocycles. The number of rotatable bonds is 10. The molecule has 1 aromatic heterocycles. The lowest BCUT2D eigenvalue weighted by atomic mass is 10.0. The van der Waals surface area contributed by atoms with Crippen LogP contribution in [0.1, 0.15) is 23.6 Å². The summed E-state index contributed by atoms with van der Waals surface area (Å²) >= 11 is 0. The molecule has 4 aromatic rings. The van der Waals surface area contributed by atoms with E-state index in [9.17, 15) is 27.1 Å². The van der Waals surface area contributed by atoms with Gasteiger partial charge >= 0.3 is 5.97 Å². The molecule has 4 rings (SSSR count). The summed E-state index contributed by atoms with van der Waals surface area (Å²) in [7, 11) is -4.18. The third-order valence-corrected chi connectivity index (χ3v) is 7.52. The predicted molar refractivity (Wildman–Crippen MR) is 143 cm³/mol. The van der Waals surface area contributed by atoms with E-state index < -0.39 is 33.7 Å². The van der Waals surface area contributed by atoms with E-state index in [2.05, 4.69) is 16.6 Å². The van der Waals surface area contributed by atoms with Gasteiger partial charge in [0.25, 0.3) is 0 Å². The fourth-order valence-corrected chi connectivity index (χ4v) is 5.43. The first kappa shape index (κ1) is 27.8. The van der Waals surface area contributed by atoms with Crippen LogP contribution in [0.3, 0.4) is 0 Å². The van der Waals surface area contributed by atoms with Gasteiger partial charge in [-0.3, -0.25) is 4.79 Å². The molecule has 0 spiro atoms. The Labute approximate surface area is 225 Å². The van der Waals surface area contributed by atoms with Crippen molar-refractivity contribution in [1.29, 1.82) is 0 Å². The average Bonchev–Trinajstić information content (AvgIpc) is 3.19. The Morgan fingerprint density at radius 2 is 1.77 bits per heavy atom. The van der Waals surface area contributed by atoms with Gasteiger partial charge in [0.15, 0.2) is 0 Å². The first-order valence-electron chi connectivity index (χ1n) is 12.0. The Kier molecular flexibility index (Phi) is 8.33. The molecule has 1 heterocycles. The summed E-state index contributed by atoms with van der Waals surface area (Å²) in [6, 6.07) is 12.9. The van der Waals surface area contributed by atoms with Gasteiger partial charge in [-0.25, -0.2) is 17.2 Å². The Morgan fingerprint density at radius 1 is 1.08 bits per heavy atom. The summed E-state index contributed by atoms with van der Waals surface area (Å²) in [5, 5.41) is 10.6. The van der Waals surface area contributed by atoms with Crippen molar-refractivity contribution in [3.8, 4) is 17.6 Å². The van der Waals surface area contributed by atoms with Gasteiger partial charge in [-0.15, -0.1) is 5.92 Å². The Balaban J connectivity index is 1.61. The normalized spacial score (nSPS) is 12.1. The molecule has 0 amide bonds. The van der Waals surface area contributed by atoms with Gasteiger partial charge in [-0.05, 0) is 73.5 Å². The number of carboxylic acid groups (broad SMARTS) is 1. The molecular formula is C29H26F2N2O5S. The van der Waals surface area contributed by atoms with Gasteiger partial charge in [0.2, 0.25) is 10.0 Å². The highest BCUT2D eigenvalue weighted by molar-refractivity contribution is 7.89. The van der Waals surface area contributed by atoms with Crippen LogP contribution in [0.5, 0.6) is 5.75 Å². The van der Waals surface area contributed by atoms with Crippen molar-refractivity contribution in [2.75, 3.05) is 6.61 Å². The smallest absolute Gasteiger partial charge is 0.322 e. The molecule has 202 valence electrons. The standard InChI is InChI=1S/C29H26F2N2O5S/c1-3-4-11-38-24-6-8-25(9-7-24)39(36,37)32-27(29(34)35)15-21-18-33(28-10-5-19(2)12-26(21)28)17-20-13-22(30)16-23(31)14-20/h5-10,12-14,16,18,27,32H,11,15,17H2,1-2H3,(H,34,35). The van der Waals surface area contributed by atoms with E-state index in [4.69, 9.17) is 4.74 Å². The van der Waals surface area contributed by atoms with E-state index in [1.165, 1.54) is 36.4 Å². The largest absolute Gasteiger partial charge is 0.481 e. The number of aliphatic carboxylic acids is 1. The van der Waals surface area contributed by atoms with Gasteiger partial charge in [0.05, 0.1) is 4.90 Å². The molecule has 7 nitrogen and oxygen atoms in total. The number of hydrogen-bond donors (Lipinski definition) is 2. The zero-order valence-electron chi connectivity index (χ0n) is 21.2. The molecule has 0 radical (unpaired) electrons. The molecule has 0 bridgehead atoms. The fraction of sp³-hybridized carbons (Fsp3) is 0.207. The minimum absolute atomic E-state index is 0.117. The highest BCUT2D eigenvalue weighted by atomic mass is 32.2. The van der Waals surface area contributed by atoms with Crippen molar-refractivity contribution < 1.29 is 31.8 Å². The molecule has 39 heavy (non-hydrogen) atoms. The zero-order valence-corrected chi connectivity index (χ0v) is 22.1. The van der Waals surface area contributed by atoms with Crippen molar-refractivity contribution in [3.05, 3.63) is 95.2 Å². The average molecular weight is 553 g/mol. The van der Waals surface area contributed by atoms with E-state index in [0.29, 0.717) is 22.3 Å². The van der Waals surface area contributed by atoms with Crippen LogP contribution in [0.15, 0.2) is 71.8 Å². The highest BCUT2D eigenvalue weighted by Gasteiger charge is 2.27. The van der Waals surface area contributed by atoms with Crippen LogP contribution in [0.2, 0.25) is 0 Å². The van der Waals surface area contributed by atoms with Crippen LogP contribution in [0.4, 0.5) is 8.78 Å². The minimum atomic E-state index is -4.18. The van der Waals surface area contributed by atoms with E-state index in [-0.39, 0.29) is 24.5 Å². The number of sulfonamides is 1. The van der Waals surface area contributed by atoms with Gasteiger partial charge in [-0.2, -0.15) is 4.72 Å². The summed E-state index contributed by atoms with van der Waals surface area (Å²) in [5.41, 5.74) is 2.59. The quantitative estimate of drug-likeness (QED) is 0.279. The van der Waals surface area contributed by atoms with Crippen LogP contribution < -0.4 is 9.46 Å². The second-order valence-electron chi connectivity index (χ2n) is 8.98. The molecule has 0 fully saturated rings. The second kappa shape index (κ2) is 11.7. The Bertz CT molecular complexity index is 1670. The number of fused-ring (bicyclic) bond motifs is 1. The van der Waals surface area contributed by atoms with Crippen molar-refractivity contribution in [1.82, 2.24) is 9.29 Å². The number of carbonyl (C=O) groups is 1. The van der Waals surface area contributed by atoms with Crippen LogP contribution in [-0.2, 0) is 27.8 Å². The third-order valence-electron chi connectivity index (χ3n) is 6.04. The van der Waals surface area contributed by atoms with Crippen LogP contribution in [0.25, 0.3) is 10.9 Å². The number of ether oxygens (including phenoxy) is 1. The maximum Gasteiger partial charge on any atom is 0.322 e. The Morgan fingerprint density at radius 3 is 2.41 bits per heavy atom. The number of carboxylic acids is 1. The number of halogens is 2. The SMILES string of the molecule is CC#CCOc1ccc(S(=O)(=O)NC(Cc2cn(Cc3cc(F)cc(F)c3)c3ccc(C)cc23)C(=O)O)cc1. The molecule has 1 unspecified atom stereocenters. The summed E-state index contributed by atoms with van der Waals surface area (Å²) in [6.45, 7) is 3.84. The fourth-order valence-electron chi connectivity index (χ4n) is 4.24. The van der Waals surface area contributed by atoms with Gasteiger partial charge < -0.3 is 14.4 Å². The molecular weight excluding hydrogens is 526 g/mol. The maximum absolute atomic E-state index is 13.8. The summed E-state index contributed by atoms with van der Waals surface area (Å²) in [6.07, 6.45) is 1.53. The lowest BCUT2D eigenvalue weighted by Crippen LogP contribution is -2.42. The van der Waals surface area contributed by atoms with Gasteiger partial charge in [-0.1, -0.05) is 17.6 Å². The number of aryl methyl sites for hydroxylation is 1. The topological polar surface area (TPSA) is 97.6 Å². The number of hydrogen-bond acceptors (Lipinski definition) is 4. The molecule has 10 heteroatoms. The second-order valence-corrected chi connectivity index (χ2v) is 10.7. The highest BCUT2D eigenvalue weighted by Crippen LogP contribution is 2.26. The van der Waals surface area contributed by atoms with Crippen LogP contribution in [-0.4, -0.2) is 36.7 Å². The number of nitrogens with zero attached hydrogens (tertiary/aromatic N) is 1. The van der Waals surface area contributed by atoms with E-state index in [1.807, 2.05) is 25.1 Å². The first-order valence-corrected chi connectivity index (χ1v) is 13.4. The molecule has 0 saturated heterocycles. The summed E-state index contributed by atoms with van der Waals surface area (Å²) in [5.74, 6) is 3.10. The summed E-state index contributed by atoms with van der Waals surface area (Å²) in [4.78, 5) is 12.0. The van der Waals surface area contributed by atoms with Gasteiger partial charge in [0.1, 0.15) is 30.0 Å². The van der Waals surface area contributed by atoms with Crippen molar-refractivity contribution in [2.24, 2.45) is 0 Å². The van der Waals surface area contributed by atoms with Crippen molar-refractivity contribution in [3.63, 3.8) is 0 Å². The molecule has 0 aliphatic rings. The summed E-state index contributed by atoms with van der Waals surface area (Å²) < 4.78 is 63.0. The Hall–Kier alpha value is -4.20. The number of aromatic nitrogens is 1. The molecule has 0 aliphatic heterocycles. The van der Waals surface area contributed by atoms with Crippen molar-refractivity contribution in [2.45, 2.75) is 37.8 Å². The number of nitrogens with one attached hydrogen (secondary N) is 1. The molecule has 1 atom stereocenters. The zero-order chi connectivity index (χ0) is 28.2. The number of benzene rings is 3. The lowest BCUT2D eigenvalue weighted by molar-refractivity contribution is -0.138. The van der Waals surface area contributed by atoms with Gasteiger partial charge in [0, 0.05) is 36.1 Å². The first-order chi connectivity index (χ1) is 18.6. The molecule has 0 saturated carbocycles. The van der Waals surface area contributed by atoms with Crippen LogP contribution in [0, 0.1) is 30.4 Å². The lowest BCUT2D eigenvalue weighted by Gasteiger charge is -2.15. The van der Waals surface area contributed by atoms with E-state index in [1.54, 1.807) is 17.7 Å². The maximum atomic E-state index is 13.8. The predicted octanol–water partition coefficient (Wildman–Crippen LogP) is 4.65. The van der Waals surface area contributed by atoms with Crippen LogP contribution >= 0.6 is 0 Å². The third kappa shape index (κ3) is 6.82.